The Hall–Kier alpha value is -3.93. The molecule has 238 valence electrons. The number of halogens is 2. The first-order chi connectivity index (χ1) is 21.6. The number of nitrogens with zero attached hydrogens (tertiary/aromatic N) is 2. The summed E-state index contributed by atoms with van der Waals surface area (Å²) in [5.74, 6) is 1.24. The van der Waals surface area contributed by atoms with Crippen molar-refractivity contribution < 1.29 is 31.8 Å². The Morgan fingerprint density at radius 3 is 2.64 bits per heavy atom. The molecule has 0 saturated heterocycles. The molecule has 1 N–H and O–H groups in total. The van der Waals surface area contributed by atoms with E-state index in [4.69, 9.17) is 30.5 Å². The smallest absolute Gasteiger partial charge is 0.154 e. The second-order valence-electron chi connectivity index (χ2n) is 10.9. The quantitative estimate of drug-likeness (QED) is 0.142. The van der Waals surface area contributed by atoms with Gasteiger partial charge in [0.05, 0.1) is 48.1 Å². The van der Waals surface area contributed by atoms with Gasteiger partial charge in [-0.2, -0.15) is 0 Å². The third kappa shape index (κ3) is 7.66. The molecule has 0 saturated carbocycles. The largest absolute Gasteiger partial charge is 0.496 e. The molecule has 1 unspecified atom stereocenters. The molecule has 5 rings (SSSR count). The lowest BCUT2D eigenvalue weighted by Crippen LogP contribution is -2.28. The van der Waals surface area contributed by atoms with Gasteiger partial charge in [0.1, 0.15) is 41.7 Å². The summed E-state index contributed by atoms with van der Waals surface area (Å²) >= 11 is 6.53. The fourth-order valence-electron chi connectivity index (χ4n) is 5.01. The highest BCUT2D eigenvalue weighted by Crippen LogP contribution is 2.44. The Morgan fingerprint density at radius 2 is 1.93 bits per heavy atom. The highest BCUT2D eigenvalue weighted by Gasteiger charge is 2.38. The normalized spacial score (nSPS) is 16.2. The summed E-state index contributed by atoms with van der Waals surface area (Å²) in [5, 5.41) is 3.99. The van der Waals surface area contributed by atoms with Crippen molar-refractivity contribution >= 4 is 43.8 Å². The van der Waals surface area contributed by atoms with Gasteiger partial charge in [-0.1, -0.05) is 23.7 Å². The maximum atomic E-state index is 13.5. The maximum Gasteiger partial charge on any atom is 0.154 e. The van der Waals surface area contributed by atoms with Crippen molar-refractivity contribution in [1.29, 1.82) is 0 Å². The summed E-state index contributed by atoms with van der Waals surface area (Å²) in [5.41, 5.74) is 2.03. The number of ether oxygens (including phenoxy) is 4. The van der Waals surface area contributed by atoms with E-state index in [9.17, 15) is 12.8 Å². The van der Waals surface area contributed by atoms with Crippen LogP contribution in [0.2, 0.25) is 5.02 Å². The molecule has 2 heterocycles. The molecule has 0 spiro atoms. The van der Waals surface area contributed by atoms with Crippen molar-refractivity contribution in [2.75, 3.05) is 31.4 Å². The molecule has 9 nitrogen and oxygen atoms in total. The zero-order chi connectivity index (χ0) is 32.0. The van der Waals surface area contributed by atoms with Crippen LogP contribution in [0.3, 0.4) is 0 Å². The topological polar surface area (TPSA) is 109 Å². The van der Waals surface area contributed by atoms with Crippen LogP contribution in [0.5, 0.6) is 11.5 Å². The predicted octanol–water partition coefficient (Wildman–Crippen LogP) is 7.11. The molecule has 0 amide bonds. The van der Waals surface area contributed by atoms with Gasteiger partial charge in [0, 0.05) is 35.5 Å². The van der Waals surface area contributed by atoms with E-state index in [1.807, 2.05) is 24.3 Å². The molecule has 0 radical (unpaired) electrons. The van der Waals surface area contributed by atoms with Crippen LogP contribution >= 0.6 is 11.6 Å². The molecule has 1 aromatic heterocycles. The van der Waals surface area contributed by atoms with Crippen LogP contribution in [0.15, 0.2) is 73.3 Å². The molecule has 4 aromatic rings. The highest BCUT2D eigenvalue weighted by atomic mass is 35.5. The van der Waals surface area contributed by atoms with E-state index < -0.39 is 20.7 Å². The van der Waals surface area contributed by atoms with Crippen molar-refractivity contribution in [2.45, 2.75) is 44.1 Å². The van der Waals surface area contributed by atoms with E-state index in [2.05, 4.69) is 15.3 Å². The number of aromatic nitrogens is 2. The molecule has 0 fully saturated rings. The van der Waals surface area contributed by atoms with Gasteiger partial charge in [-0.05, 0) is 61.9 Å². The zero-order valence-corrected chi connectivity index (χ0v) is 26.8. The van der Waals surface area contributed by atoms with E-state index in [1.54, 1.807) is 51.5 Å². The van der Waals surface area contributed by atoms with E-state index in [0.717, 1.165) is 10.9 Å². The monoisotopic (exact) mass is 655 g/mol. The van der Waals surface area contributed by atoms with Gasteiger partial charge < -0.3 is 24.3 Å². The number of hydrogen-bond donors (Lipinski definition) is 1. The van der Waals surface area contributed by atoms with Crippen LogP contribution in [0.4, 0.5) is 15.9 Å². The summed E-state index contributed by atoms with van der Waals surface area (Å²) in [6.45, 7) is 3.90. The second kappa shape index (κ2) is 14.0. The fourth-order valence-corrected chi connectivity index (χ4v) is 6.07. The minimum Gasteiger partial charge on any atom is -0.496 e. The molecule has 3 aromatic carbocycles. The number of anilines is 2. The minimum absolute atomic E-state index is 0.0352. The van der Waals surface area contributed by atoms with Crippen LogP contribution in [-0.4, -0.2) is 49.7 Å². The number of sulfone groups is 1. The van der Waals surface area contributed by atoms with Gasteiger partial charge in [-0.25, -0.2) is 22.8 Å². The Morgan fingerprint density at radius 1 is 1.09 bits per heavy atom. The summed E-state index contributed by atoms with van der Waals surface area (Å²) in [7, 11) is -1.60. The lowest BCUT2D eigenvalue weighted by Gasteiger charge is -2.31. The van der Waals surface area contributed by atoms with Gasteiger partial charge in [0.2, 0.25) is 0 Å². The van der Waals surface area contributed by atoms with Gasteiger partial charge in [-0.3, -0.25) is 0 Å². The average Bonchev–Trinajstić information content (AvgIpc) is 3.50. The van der Waals surface area contributed by atoms with E-state index in [-0.39, 0.29) is 24.8 Å². The number of rotatable bonds is 14. The van der Waals surface area contributed by atoms with Crippen LogP contribution in [0, 0.1) is 5.82 Å². The lowest BCUT2D eigenvalue weighted by molar-refractivity contribution is 0.00120. The first kappa shape index (κ1) is 32.5. The zero-order valence-electron chi connectivity index (χ0n) is 25.3. The van der Waals surface area contributed by atoms with Crippen molar-refractivity contribution in [3.05, 3.63) is 95.2 Å². The molecular formula is C33H35ClFN3O6S. The molecular weight excluding hydrogens is 621 g/mol. The lowest BCUT2D eigenvalue weighted by atomic mass is 9.86. The van der Waals surface area contributed by atoms with Crippen molar-refractivity contribution in [3.63, 3.8) is 0 Å². The van der Waals surface area contributed by atoms with Crippen molar-refractivity contribution in [1.82, 2.24) is 9.97 Å². The first-order valence-electron chi connectivity index (χ1n) is 14.5. The van der Waals surface area contributed by atoms with Gasteiger partial charge >= 0.3 is 0 Å². The molecule has 1 aliphatic heterocycles. The molecule has 0 bridgehead atoms. The SMILES string of the molecule is COc1cc2ncnc(Nc3ccc(OCc4cccc(F)c4)c(Cl)c3)c2cc1C1(CCOCCS(=O)(=O)C(C)C)CC=CO1. The van der Waals surface area contributed by atoms with E-state index >= 15 is 0 Å². The number of fused-ring (bicyclic) bond motifs is 1. The molecule has 12 heteroatoms. The second-order valence-corrected chi connectivity index (χ2v) is 14.0. The number of hydrogen-bond acceptors (Lipinski definition) is 9. The Labute approximate surface area is 267 Å². The highest BCUT2D eigenvalue weighted by molar-refractivity contribution is 7.91. The standard InChI is InChI=1S/C33H35ClFN3O6S/c1-22(2)45(39,40)15-14-42-13-11-33(10-5-12-44-33)27-18-26-29(19-31(27)41-3)36-21-37-32(26)38-25-8-9-30(28(34)17-25)43-20-23-6-4-7-24(35)16-23/h4-9,12,16-19,21-22H,10-11,13-15,20H2,1-3H3,(H,36,37,38). The first-order valence-corrected chi connectivity index (χ1v) is 16.6. The number of nitrogens with one attached hydrogen (secondary N) is 1. The summed E-state index contributed by atoms with van der Waals surface area (Å²) in [6.07, 6.45) is 6.10. The summed E-state index contributed by atoms with van der Waals surface area (Å²) in [4.78, 5) is 8.95. The Bertz CT molecular complexity index is 1790. The Kier molecular flexibility index (Phi) is 10.1. The summed E-state index contributed by atoms with van der Waals surface area (Å²) < 4.78 is 61.4. The van der Waals surface area contributed by atoms with Crippen LogP contribution < -0.4 is 14.8 Å². The van der Waals surface area contributed by atoms with Crippen LogP contribution in [0.25, 0.3) is 10.9 Å². The summed E-state index contributed by atoms with van der Waals surface area (Å²) in [6, 6.07) is 15.3. The number of benzene rings is 3. The van der Waals surface area contributed by atoms with Gasteiger partial charge in [-0.15, -0.1) is 0 Å². The fraction of sp³-hybridized carbons (Fsp3) is 0.333. The third-order valence-electron chi connectivity index (χ3n) is 7.64. The average molecular weight is 656 g/mol. The molecule has 0 aliphatic carbocycles. The maximum absolute atomic E-state index is 13.5. The molecule has 1 aliphatic rings. The van der Waals surface area contributed by atoms with Crippen LogP contribution in [-0.2, 0) is 31.5 Å². The predicted molar refractivity (Wildman–Crippen MR) is 172 cm³/mol. The Balaban J connectivity index is 1.35. The van der Waals surface area contributed by atoms with E-state index in [0.29, 0.717) is 58.6 Å². The number of methoxy groups -OCH3 is 1. The van der Waals surface area contributed by atoms with E-state index in [1.165, 1.54) is 18.5 Å². The molecule has 45 heavy (non-hydrogen) atoms. The van der Waals surface area contributed by atoms with Gasteiger partial charge in [0.25, 0.3) is 0 Å². The van der Waals surface area contributed by atoms with Crippen molar-refractivity contribution in [2.24, 2.45) is 0 Å². The third-order valence-corrected chi connectivity index (χ3v) is 10.1. The molecule has 1 atom stereocenters. The van der Waals surface area contributed by atoms with Gasteiger partial charge in [0.15, 0.2) is 9.84 Å². The van der Waals surface area contributed by atoms with Crippen molar-refractivity contribution in [3.8, 4) is 11.5 Å². The van der Waals surface area contributed by atoms with Crippen LogP contribution in [0.1, 0.15) is 37.8 Å². The minimum atomic E-state index is -3.19.